The van der Waals surface area contributed by atoms with E-state index in [0.717, 1.165) is 36.2 Å². The number of benzene rings is 1. The van der Waals surface area contributed by atoms with E-state index in [4.69, 9.17) is 23.2 Å². The lowest BCUT2D eigenvalue weighted by Gasteiger charge is -2.33. The minimum absolute atomic E-state index is 0.143. The quantitative estimate of drug-likeness (QED) is 0.831. The predicted molar refractivity (Wildman–Crippen MR) is 97.5 cm³/mol. The molecule has 0 aliphatic carbocycles. The van der Waals surface area contributed by atoms with Gasteiger partial charge < -0.3 is 10.2 Å². The van der Waals surface area contributed by atoms with Gasteiger partial charge in [-0.25, -0.2) is 0 Å². The first-order valence-electron chi connectivity index (χ1n) is 8.17. The zero-order chi connectivity index (χ0) is 16.4. The molecule has 2 saturated heterocycles. The standard InChI is InChI=1S/C17H22Cl2N2OS/c1-21-14-4-5-15(21)8-13(7-14)20-17(22)10-23-9-11-2-3-12(18)6-16(11)19/h2-3,6,13-15H,4-5,7-10H2,1H3,(H,20,22)/p+1/t13?,14-,15+. The predicted octanol–water partition coefficient (Wildman–Crippen LogP) is 2.55. The van der Waals surface area contributed by atoms with E-state index in [2.05, 4.69) is 12.4 Å². The zero-order valence-corrected chi connectivity index (χ0v) is 15.6. The molecule has 2 heterocycles. The van der Waals surface area contributed by atoms with Gasteiger partial charge in [0, 0.05) is 47.5 Å². The van der Waals surface area contributed by atoms with Crippen LogP contribution in [-0.2, 0) is 10.5 Å². The Hall–Kier alpha value is -0.420. The number of piperidine rings is 1. The molecule has 0 saturated carbocycles. The van der Waals surface area contributed by atoms with Gasteiger partial charge in [0.2, 0.25) is 5.91 Å². The number of thioether (sulfide) groups is 1. The molecule has 1 aromatic carbocycles. The number of fused-ring (bicyclic) bond motifs is 2. The Morgan fingerprint density at radius 2 is 2.00 bits per heavy atom. The van der Waals surface area contributed by atoms with Crippen molar-refractivity contribution in [3.05, 3.63) is 33.8 Å². The summed E-state index contributed by atoms with van der Waals surface area (Å²) in [4.78, 5) is 13.8. The zero-order valence-electron chi connectivity index (χ0n) is 13.3. The molecule has 3 nitrogen and oxygen atoms in total. The van der Waals surface area contributed by atoms with E-state index in [9.17, 15) is 4.79 Å². The van der Waals surface area contributed by atoms with E-state index in [1.165, 1.54) is 12.8 Å². The van der Waals surface area contributed by atoms with Crippen LogP contribution < -0.4 is 10.2 Å². The third-order valence-corrected chi connectivity index (χ3v) is 6.73. The van der Waals surface area contributed by atoms with Gasteiger partial charge in [-0.3, -0.25) is 4.79 Å². The Bertz CT molecular complexity index is 570. The summed E-state index contributed by atoms with van der Waals surface area (Å²) in [5, 5.41) is 4.53. The Labute approximate surface area is 152 Å². The maximum Gasteiger partial charge on any atom is 0.230 e. The van der Waals surface area contributed by atoms with Gasteiger partial charge in [0.15, 0.2) is 0 Å². The molecule has 2 aliphatic heterocycles. The monoisotopic (exact) mass is 373 g/mol. The van der Waals surface area contributed by atoms with Crippen molar-refractivity contribution in [2.75, 3.05) is 12.8 Å². The van der Waals surface area contributed by atoms with Crippen LogP contribution in [0.4, 0.5) is 0 Å². The van der Waals surface area contributed by atoms with E-state index in [-0.39, 0.29) is 5.91 Å². The summed E-state index contributed by atoms with van der Waals surface area (Å²) in [6.07, 6.45) is 4.88. The fraction of sp³-hybridized carbons (Fsp3) is 0.588. The highest BCUT2D eigenvalue weighted by Crippen LogP contribution is 2.25. The van der Waals surface area contributed by atoms with Crippen molar-refractivity contribution >= 4 is 40.9 Å². The minimum Gasteiger partial charge on any atom is -0.352 e. The van der Waals surface area contributed by atoms with Crippen molar-refractivity contribution in [2.45, 2.75) is 49.6 Å². The summed E-state index contributed by atoms with van der Waals surface area (Å²) >= 11 is 13.6. The highest BCUT2D eigenvalue weighted by molar-refractivity contribution is 7.99. The molecule has 0 radical (unpaired) electrons. The van der Waals surface area contributed by atoms with Gasteiger partial charge in [0.1, 0.15) is 0 Å². The van der Waals surface area contributed by atoms with Crippen LogP contribution in [0, 0.1) is 0 Å². The lowest BCUT2D eigenvalue weighted by Crippen LogP contribution is -3.15. The van der Waals surface area contributed by atoms with Crippen molar-refractivity contribution in [3.8, 4) is 0 Å². The Morgan fingerprint density at radius 3 is 2.65 bits per heavy atom. The number of carbonyl (C=O) groups is 1. The minimum atomic E-state index is 0.143. The van der Waals surface area contributed by atoms with Gasteiger partial charge in [-0.15, -0.1) is 11.8 Å². The highest BCUT2D eigenvalue weighted by Gasteiger charge is 2.42. The Balaban J connectivity index is 1.42. The van der Waals surface area contributed by atoms with Gasteiger partial charge in [0.25, 0.3) is 0 Å². The van der Waals surface area contributed by atoms with Crippen LogP contribution in [0.3, 0.4) is 0 Å². The smallest absolute Gasteiger partial charge is 0.230 e. The lowest BCUT2D eigenvalue weighted by molar-refractivity contribution is -0.922. The fourth-order valence-electron chi connectivity index (χ4n) is 3.86. The topological polar surface area (TPSA) is 33.5 Å². The van der Waals surface area contributed by atoms with Crippen LogP contribution >= 0.6 is 35.0 Å². The molecular formula is C17H23Cl2N2OS+. The van der Waals surface area contributed by atoms with Gasteiger partial charge in [-0.2, -0.15) is 0 Å². The van der Waals surface area contributed by atoms with Gasteiger partial charge >= 0.3 is 0 Å². The Morgan fingerprint density at radius 1 is 1.30 bits per heavy atom. The number of rotatable bonds is 5. The van der Waals surface area contributed by atoms with Gasteiger partial charge in [-0.05, 0) is 17.7 Å². The largest absolute Gasteiger partial charge is 0.352 e. The first-order chi connectivity index (χ1) is 11.0. The van der Waals surface area contributed by atoms with Gasteiger partial charge in [0.05, 0.1) is 24.9 Å². The van der Waals surface area contributed by atoms with Crippen molar-refractivity contribution in [1.82, 2.24) is 5.32 Å². The number of halogens is 2. The second-order valence-electron chi connectivity index (χ2n) is 6.68. The first-order valence-corrected chi connectivity index (χ1v) is 10.1. The summed E-state index contributed by atoms with van der Waals surface area (Å²) in [5.74, 6) is 1.35. The van der Waals surface area contributed by atoms with Crippen molar-refractivity contribution in [1.29, 1.82) is 0 Å². The molecule has 1 amide bonds. The lowest BCUT2D eigenvalue weighted by atomic mass is 9.98. The molecule has 3 rings (SSSR count). The average Bonchev–Trinajstić information content (AvgIpc) is 2.72. The van der Waals surface area contributed by atoms with Crippen molar-refractivity contribution in [2.24, 2.45) is 0 Å². The van der Waals surface area contributed by atoms with Crippen LogP contribution in [0.25, 0.3) is 0 Å². The molecular weight excluding hydrogens is 351 g/mol. The molecule has 2 fully saturated rings. The number of hydrogen-bond donors (Lipinski definition) is 2. The summed E-state index contributed by atoms with van der Waals surface area (Å²) < 4.78 is 0. The molecule has 126 valence electrons. The first kappa shape index (κ1) is 17.4. The third kappa shape index (κ3) is 4.36. The number of nitrogens with one attached hydrogen (secondary N) is 2. The summed E-state index contributed by atoms with van der Waals surface area (Å²) in [7, 11) is 2.30. The van der Waals surface area contributed by atoms with Crippen molar-refractivity contribution < 1.29 is 9.69 Å². The molecule has 6 heteroatoms. The maximum absolute atomic E-state index is 12.2. The normalized spacial score (nSPS) is 29.5. The maximum atomic E-state index is 12.2. The molecule has 2 N–H and O–H groups in total. The molecule has 23 heavy (non-hydrogen) atoms. The molecule has 0 aromatic heterocycles. The molecule has 0 spiro atoms. The summed E-state index contributed by atoms with van der Waals surface area (Å²) in [6, 6.07) is 7.34. The van der Waals surface area contributed by atoms with E-state index in [1.54, 1.807) is 22.7 Å². The number of carbonyl (C=O) groups excluding carboxylic acids is 1. The molecule has 1 aromatic rings. The number of quaternary nitrogens is 1. The van der Waals surface area contributed by atoms with Crippen LogP contribution in [0.2, 0.25) is 10.0 Å². The van der Waals surface area contributed by atoms with Crippen molar-refractivity contribution in [3.63, 3.8) is 0 Å². The van der Waals surface area contributed by atoms with Gasteiger partial charge in [-0.1, -0.05) is 29.3 Å². The molecule has 2 aliphatic rings. The van der Waals surface area contributed by atoms with Crippen LogP contribution in [0.15, 0.2) is 18.2 Å². The second kappa shape index (κ2) is 7.64. The summed E-state index contributed by atoms with van der Waals surface area (Å²) in [5.41, 5.74) is 1.02. The highest BCUT2D eigenvalue weighted by atomic mass is 35.5. The van der Waals surface area contributed by atoms with E-state index >= 15 is 0 Å². The van der Waals surface area contributed by atoms with E-state index in [1.807, 2.05) is 12.1 Å². The average molecular weight is 374 g/mol. The van der Waals surface area contributed by atoms with E-state index < -0.39 is 0 Å². The summed E-state index contributed by atoms with van der Waals surface area (Å²) in [6.45, 7) is 0. The molecule has 2 bridgehead atoms. The number of amides is 1. The van der Waals surface area contributed by atoms with Crippen LogP contribution in [0.1, 0.15) is 31.2 Å². The van der Waals surface area contributed by atoms with E-state index in [0.29, 0.717) is 21.8 Å². The molecule has 4 atom stereocenters. The SMILES string of the molecule is C[NH+]1[C@@H]2CC[C@H]1CC(NC(=O)CSCc1ccc(Cl)cc1Cl)C2. The fourth-order valence-corrected chi connectivity index (χ4v) is 5.26. The van der Waals surface area contributed by atoms with Crippen LogP contribution in [0.5, 0.6) is 0 Å². The van der Waals surface area contributed by atoms with Crippen LogP contribution in [-0.4, -0.2) is 36.8 Å². The molecule has 2 unspecified atom stereocenters. The third-order valence-electron chi connectivity index (χ3n) is 5.16. The Kier molecular flexibility index (Phi) is 5.78. The number of hydrogen-bond acceptors (Lipinski definition) is 2. The second-order valence-corrected chi connectivity index (χ2v) is 8.51.